The number of allylic oxidation sites excluding steroid dienone is 2. The van der Waals surface area contributed by atoms with Crippen molar-refractivity contribution in [2.75, 3.05) is 6.54 Å². The maximum Gasteiger partial charge on any atom is 0.322 e. The van der Waals surface area contributed by atoms with Crippen LogP contribution >= 0.6 is 0 Å². The van der Waals surface area contributed by atoms with Crippen LogP contribution in [0.3, 0.4) is 0 Å². The summed E-state index contributed by atoms with van der Waals surface area (Å²) in [5, 5.41) is 11.2. The molecule has 2 N–H and O–H groups in total. The molecule has 0 saturated heterocycles. The molecule has 0 unspecified atom stereocenters. The molecule has 0 aliphatic rings. The largest absolute Gasteiger partial charge is 0.480 e. The highest BCUT2D eigenvalue weighted by atomic mass is 16.4. The zero-order valence-electron chi connectivity index (χ0n) is 9.05. The van der Waals surface area contributed by atoms with Gasteiger partial charge in [0, 0.05) is 17.2 Å². The molecule has 4 nitrogen and oxygen atoms in total. The molecule has 0 rings (SSSR count). The van der Waals surface area contributed by atoms with E-state index in [-0.39, 0.29) is 17.7 Å². The van der Waals surface area contributed by atoms with Gasteiger partial charge < -0.3 is 10.4 Å². The molecule has 0 aromatic heterocycles. The van der Waals surface area contributed by atoms with E-state index < -0.39 is 5.97 Å². The number of carbonyl (C=O) groups is 2. The molecule has 0 amide bonds. The van der Waals surface area contributed by atoms with Crippen molar-refractivity contribution in [1.82, 2.24) is 5.32 Å². The summed E-state index contributed by atoms with van der Waals surface area (Å²) in [5.74, 6) is -1.03. The van der Waals surface area contributed by atoms with E-state index >= 15 is 0 Å². The predicted molar refractivity (Wildman–Crippen MR) is 53.9 cm³/mol. The predicted octanol–water partition coefficient (Wildman–Crippen LogP) is 1.18. The number of carboxylic acid groups (broad SMARTS) is 1. The van der Waals surface area contributed by atoms with Gasteiger partial charge in [0.15, 0.2) is 5.78 Å². The summed E-state index contributed by atoms with van der Waals surface area (Å²) >= 11 is 0. The lowest BCUT2D eigenvalue weighted by atomic mass is 9.91. The van der Waals surface area contributed by atoms with Crippen LogP contribution < -0.4 is 5.32 Å². The van der Waals surface area contributed by atoms with Crippen LogP contribution in [0.5, 0.6) is 0 Å². The third-order valence-electron chi connectivity index (χ3n) is 1.59. The molecule has 14 heavy (non-hydrogen) atoms. The second kappa shape index (κ2) is 4.79. The standard InChI is InChI=1S/C10H17NO3/c1-7(12)5-8(10(2,3)4)11-6-9(13)14/h5,11H,6H2,1-4H3,(H,13,14)/b8-5-. The number of nitrogens with one attached hydrogen (secondary N) is 1. The quantitative estimate of drug-likeness (QED) is 0.667. The Labute approximate surface area is 84.0 Å². The summed E-state index contributed by atoms with van der Waals surface area (Å²) in [6, 6.07) is 0. The van der Waals surface area contributed by atoms with E-state index in [0.29, 0.717) is 5.70 Å². The summed E-state index contributed by atoms with van der Waals surface area (Å²) in [6.07, 6.45) is 1.43. The molecule has 0 aromatic rings. The second-order valence-corrected chi connectivity index (χ2v) is 4.17. The van der Waals surface area contributed by atoms with Gasteiger partial charge in [0.25, 0.3) is 0 Å². The smallest absolute Gasteiger partial charge is 0.322 e. The van der Waals surface area contributed by atoms with Crippen LogP contribution in [0.25, 0.3) is 0 Å². The second-order valence-electron chi connectivity index (χ2n) is 4.17. The van der Waals surface area contributed by atoms with Crippen molar-refractivity contribution < 1.29 is 14.7 Å². The Bertz CT molecular complexity index is 261. The van der Waals surface area contributed by atoms with Crippen LogP contribution in [0.1, 0.15) is 27.7 Å². The lowest BCUT2D eigenvalue weighted by molar-refractivity contribution is -0.135. The van der Waals surface area contributed by atoms with Crippen molar-refractivity contribution in [1.29, 1.82) is 0 Å². The van der Waals surface area contributed by atoms with E-state index in [1.807, 2.05) is 20.8 Å². The van der Waals surface area contributed by atoms with Crippen LogP contribution in [0, 0.1) is 5.41 Å². The zero-order valence-corrected chi connectivity index (χ0v) is 9.05. The molecule has 0 bridgehead atoms. The van der Waals surface area contributed by atoms with Gasteiger partial charge in [-0.3, -0.25) is 9.59 Å². The SMILES string of the molecule is CC(=O)/C=C(\NCC(=O)O)C(C)(C)C. The minimum atomic E-state index is -0.941. The Morgan fingerprint density at radius 1 is 1.36 bits per heavy atom. The Kier molecular flexibility index (Phi) is 4.34. The lowest BCUT2D eigenvalue weighted by Gasteiger charge is -2.23. The van der Waals surface area contributed by atoms with E-state index in [1.165, 1.54) is 13.0 Å². The normalized spacial score (nSPS) is 12.4. The van der Waals surface area contributed by atoms with Crippen LogP contribution in [0.2, 0.25) is 0 Å². The first-order valence-electron chi connectivity index (χ1n) is 4.42. The molecule has 0 heterocycles. The maximum atomic E-state index is 10.9. The van der Waals surface area contributed by atoms with Gasteiger partial charge in [0.2, 0.25) is 0 Å². The van der Waals surface area contributed by atoms with Crippen molar-refractivity contribution in [3.63, 3.8) is 0 Å². The van der Waals surface area contributed by atoms with E-state index in [0.717, 1.165) is 0 Å². The summed E-state index contributed by atoms with van der Waals surface area (Å²) in [5.41, 5.74) is 0.397. The summed E-state index contributed by atoms with van der Waals surface area (Å²) in [7, 11) is 0. The van der Waals surface area contributed by atoms with Crippen molar-refractivity contribution in [2.24, 2.45) is 5.41 Å². The van der Waals surface area contributed by atoms with Crippen molar-refractivity contribution in [3.05, 3.63) is 11.8 Å². The number of carboxylic acids is 1. The number of hydrogen-bond donors (Lipinski definition) is 2. The van der Waals surface area contributed by atoms with Gasteiger partial charge in [-0.1, -0.05) is 20.8 Å². The number of rotatable bonds is 4. The first-order valence-corrected chi connectivity index (χ1v) is 4.42. The molecule has 0 aliphatic carbocycles. The molecule has 80 valence electrons. The van der Waals surface area contributed by atoms with Crippen LogP contribution in [-0.4, -0.2) is 23.4 Å². The Morgan fingerprint density at radius 2 is 1.86 bits per heavy atom. The third kappa shape index (κ3) is 5.35. The molecule has 0 fully saturated rings. The van der Waals surface area contributed by atoms with Gasteiger partial charge in [-0.15, -0.1) is 0 Å². The first kappa shape index (κ1) is 12.7. The van der Waals surface area contributed by atoms with E-state index in [1.54, 1.807) is 0 Å². The van der Waals surface area contributed by atoms with Gasteiger partial charge in [-0.05, 0) is 6.92 Å². The maximum absolute atomic E-state index is 10.9. The van der Waals surface area contributed by atoms with Crippen LogP contribution in [0.4, 0.5) is 0 Å². The highest BCUT2D eigenvalue weighted by Gasteiger charge is 2.17. The van der Waals surface area contributed by atoms with Crippen molar-refractivity contribution in [2.45, 2.75) is 27.7 Å². The molecule has 0 atom stereocenters. The molecule has 0 radical (unpaired) electrons. The van der Waals surface area contributed by atoms with Gasteiger partial charge in [0.1, 0.15) is 6.54 Å². The topological polar surface area (TPSA) is 66.4 Å². The van der Waals surface area contributed by atoms with Gasteiger partial charge >= 0.3 is 5.97 Å². The Morgan fingerprint density at radius 3 is 2.14 bits per heavy atom. The number of ketones is 1. The first-order chi connectivity index (χ1) is 6.23. The Balaban J connectivity index is 4.59. The summed E-state index contributed by atoms with van der Waals surface area (Å²) in [6.45, 7) is 7.01. The molecule has 0 spiro atoms. The fourth-order valence-corrected chi connectivity index (χ4v) is 0.907. The molecule has 4 heteroatoms. The van der Waals surface area contributed by atoms with Crippen molar-refractivity contribution in [3.8, 4) is 0 Å². The van der Waals surface area contributed by atoms with E-state index in [9.17, 15) is 9.59 Å². The molecule has 0 saturated carbocycles. The third-order valence-corrected chi connectivity index (χ3v) is 1.59. The van der Waals surface area contributed by atoms with E-state index in [4.69, 9.17) is 5.11 Å². The van der Waals surface area contributed by atoms with E-state index in [2.05, 4.69) is 5.32 Å². The van der Waals surface area contributed by atoms with Gasteiger partial charge in [-0.25, -0.2) is 0 Å². The highest BCUT2D eigenvalue weighted by Crippen LogP contribution is 2.22. The van der Waals surface area contributed by atoms with Crippen LogP contribution in [0.15, 0.2) is 11.8 Å². The highest BCUT2D eigenvalue weighted by molar-refractivity contribution is 5.88. The summed E-state index contributed by atoms with van der Waals surface area (Å²) in [4.78, 5) is 21.2. The average Bonchev–Trinajstić information content (AvgIpc) is 1.94. The average molecular weight is 199 g/mol. The number of hydrogen-bond acceptors (Lipinski definition) is 3. The zero-order chi connectivity index (χ0) is 11.4. The van der Waals surface area contributed by atoms with Crippen LogP contribution in [-0.2, 0) is 9.59 Å². The molecule has 0 aromatic carbocycles. The van der Waals surface area contributed by atoms with Gasteiger partial charge in [0.05, 0.1) is 0 Å². The minimum Gasteiger partial charge on any atom is -0.480 e. The molecule has 0 aliphatic heterocycles. The molecular formula is C10H17NO3. The fourth-order valence-electron chi connectivity index (χ4n) is 0.907. The molecular weight excluding hydrogens is 182 g/mol. The minimum absolute atomic E-state index is 0.0900. The number of carbonyl (C=O) groups excluding carboxylic acids is 1. The van der Waals surface area contributed by atoms with Gasteiger partial charge in [-0.2, -0.15) is 0 Å². The summed E-state index contributed by atoms with van der Waals surface area (Å²) < 4.78 is 0. The monoisotopic (exact) mass is 199 g/mol. The fraction of sp³-hybridized carbons (Fsp3) is 0.600. The van der Waals surface area contributed by atoms with Crippen molar-refractivity contribution >= 4 is 11.8 Å². The Hall–Kier alpha value is -1.32. The number of aliphatic carboxylic acids is 1. The lowest BCUT2D eigenvalue weighted by Crippen LogP contribution is -2.29.